The summed E-state index contributed by atoms with van der Waals surface area (Å²) in [7, 11) is 4.00. The first-order valence-corrected chi connectivity index (χ1v) is 8.66. The molecule has 6 heteroatoms. The molecule has 2 N–H and O–H groups in total. The molecular formula is C17H32N2O4. The normalized spacial score (nSPS) is 37.5. The van der Waals surface area contributed by atoms with Gasteiger partial charge in [-0.2, -0.15) is 0 Å². The third-order valence-electron chi connectivity index (χ3n) is 5.69. The van der Waals surface area contributed by atoms with Crippen molar-refractivity contribution in [3.05, 3.63) is 0 Å². The Kier molecular flexibility index (Phi) is 6.42. The Morgan fingerprint density at radius 1 is 1.26 bits per heavy atom. The Morgan fingerprint density at radius 3 is 2.74 bits per heavy atom. The molecule has 6 nitrogen and oxygen atoms in total. The van der Waals surface area contributed by atoms with E-state index in [2.05, 4.69) is 17.0 Å². The van der Waals surface area contributed by atoms with Gasteiger partial charge in [-0.15, -0.1) is 0 Å². The zero-order valence-electron chi connectivity index (χ0n) is 14.7. The lowest BCUT2D eigenvalue weighted by Crippen LogP contribution is -2.51. The standard InChI is InChI=1S/C17H32N2O4/c1-16-6-5-15(22-11-9-20)12-17(16,21)7-4-14(16)13-18-23-10-8-19(2)3/h13-15,20-21H,4-12H2,1-3H3/t14-,15+,16-,17+/m1/s1. The van der Waals surface area contributed by atoms with Crippen LogP contribution in [-0.2, 0) is 9.57 Å². The topological polar surface area (TPSA) is 74.5 Å². The molecule has 4 atom stereocenters. The van der Waals surface area contributed by atoms with Crippen molar-refractivity contribution in [1.82, 2.24) is 4.90 Å². The minimum absolute atomic E-state index is 0.0335. The number of rotatable bonds is 8. The van der Waals surface area contributed by atoms with Crippen molar-refractivity contribution in [1.29, 1.82) is 0 Å². The van der Waals surface area contributed by atoms with Crippen molar-refractivity contribution >= 4 is 6.21 Å². The van der Waals surface area contributed by atoms with Gasteiger partial charge < -0.3 is 24.7 Å². The molecule has 2 aliphatic rings. The smallest absolute Gasteiger partial charge is 0.129 e. The van der Waals surface area contributed by atoms with Crippen LogP contribution in [0.4, 0.5) is 0 Å². The van der Waals surface area contributed by atoms with Crippen LogP contribution in [0.25, 0.3) is 0 Å². The number of nitrogens with zero attached hydrogens (tertiary/aromatic N) is 2. The van der Waals surface area contributed by atoms with Crippen LogP contribution in [-0.4, -0.2) is 73.5 Å². The number of ether oxygens (including phenoxy) is 1. The van der Waals surface area contributed by atoms with E-state index in [0.717, 1.165) is 32.2 Å². The molecule has 0 saturated heterocycles. The van der Waals surface area contributed by atoms with Crippen LogP contribution >= 0.6 is 0 Å². The highest BCUT2D eigenvalue weighted by Gasteiger charge is 2.58. The van der Waals surface area contributed by atoms with E-state index in [1.54, 1.807) is 0 Å². The minimum atomic E-state index is -0.703. The van der Waals surface area contributed by atoms with Crippen LogP contribution in [0.1, 0.15) is 39.0 Å². The van der Waals surface area contributed by atoms with Gasteiger partial charge in [0.15, 0.2) is 0 Å². The number of fused-ring (bicyclic) bond motifs is 1. The zero-order chi connectivity index (χ0) is 16.9. The molecule has 0 spiro atoms. The first kappa shape index (κ1) is 18.6. The van der Waals surface area contributed by atoms with Gasteiger partial charge in [-0.1, -0.05) is 12.1 Å². The van der Waals surface area contributed by atoms with Crippen molar-refractivity contribution in [3.63, 3.8) is 0 Å². The first-order chi connectivity index (χ1) is 10.9. The largest absolute Gasteiger partial charge is 0.395 e. The summed E-state index contributed by atoms with van der Waals surface area (Å²) < 4.78 is 5.65. The first-order valence-electron chi connectivity index (χ1n) is 8.66. The van der Waals surface area contributed by atoms with Crippen molar-refractivity contribution in [3.8, 4) is 0 Å². The van der Waals surface area contributed by atoms with Crippen LogP contribution in [0.3, 0.4) is 0 Å². The van der Waals surface area contributed by atoms with Crippen molar-refractivity contribution < 1.29 is 19.8 Å². The van der Waals surface area contributed by atoms with Crippen LogP contribution in [0, 0.1) is 11.3 Å². The zero-order valence-corrected chi connectivity index (χ0v) is 14.7. The number of oxime groups is 1. The van der Waals surface area contributed by atoms with Crippen LogP contribution in [0.2, 0.25) is 0 Å². The lowest BCUT2D eigenvalue weighted by Gasteiger charge is -2.48. The molecule has 0 radical (unpaired) electrons. The van der Waals surface area contributed by atoms with Crippen LogP contribution < -0.4 is 0 Å². The molecule has 2 aliphatic carbocycles. The van der Waals surface area contributed by atoms with Gasteiger partial charge in [-0.25, -0.2) is 0 Å². The van der Waals surface area contributed by atoms with E-state index in [1.807, 2.05) is 20.3 Å². The molecule has 0 aromatic rings. The highest BCUT2D eigenvalue weighted by atomic mass is 16.6. The molecule has 23 heavy (non-hydrogen) atoms. The minimum Gasteiger partial charge on any atom is -0.395 e. The summed E-state index contributed by atoms with van der Waals surface area (Å²) >= 11 is 0. The molecule has 2 rings (SSSR count). The Hall–Kier alpha value is -0.690. The van der Waals surface area contributed by atoms with Gasteiger partial charge in [-0.05, 0) is 39.8 Å². The summed E-state index contributed by atoms with van der Waals surface area (Å²) in [6, 6.07) is 0. The van der Waals surface area contributed by atoms with Crippen molar-refractivity contribution in [2.75, 3.05) is 40.5 Å². The number of aliphatic hydroxyl groups excluding tert-OH is 1. The predicted molar refractivity (Wildman–Crippen MR) is 89.5 cm³/mol. The van der Waals surface area contributed by atoms with Gasteiger partial charge in [-0.3, -0.25) is 0 Å². The van der Waals surface area contributed by atoms with Gasteiger partial charge >= 0.3 is 0 Å². The van der Waals surface area contributed by atoms with Gasteiger partial charge in [0.05, 0.1) is 24.9 Å². The number of hydrogen-bond acceptors (Lipinski definition) is 6. The van der Waals surface area contributed by atoms with Crippen molar-refractivity contribution in [2.45, 2.75) is 50.7 Å². The van der Waals surface area contributed by atoms with E-state index >= 15 is 0 Å². The Labute approximate surface area is 139 Å². The maximum absolute atomic E-state index is 11.1. The number of hydrogen-bond donors (Lipinski definition) is 2. The second-order valence-corrected chi connectivity index (χ2v) is 7.44. The van der Waals surface area contributed by atoms with Gasteiger partial charge in [0, 0.05) is 30.5 Å². The van der Waals surface area contributed by atoms with E-state index < -0.39 is 5.60 Å². The van der Waals surface area contributed by atoms with Crippen LogP contribution in [0.15, 0.2) is 5.16 Å². The highest BCUT2D eigenvalue weighted by Crippen LogP contribution is 2.57. The maximum Gasteiger partial charge on any atom is 0.129 e. The molecule has 2 fully saturated rings. The highest BCUT2D eigenvalue weighted by molar-refractivity contribution is 5.62. The molecule has 0 bridgehead atoms. The quantitative estimate of drug-likeness (QED) is 0.399. The van der Waals surface area contributed by atoms with Crippen molar-refractivity contribution in [2.24, 2.45) is 16.5 Å². The third-order valence-corrected chi connectivity index (χ3v) is 5.69. The van der Waals surface area contributed by atoms with Gasteiger partial charge in [0.2, 0.25) is 0 Å². The summed E-state index contributed by atoms with van der Waals surface area (Å²) in [5.41, 5.74) is -0.869. The fourth-order valence-electron chi connectivity index (χ4n) is 4.03. The van der Waals surface area contributed by atoms with Gasteiger partial charge in [0.25, 0.3) is 0 Å². The fourth-order valence-corrected chi connectivity index (χ4v) is 4.03. The third kappa shape index (κ3) is 4.24. The van der Waals surface area contributed by atoms with E-state index in [9.17, 15) is 5.11 Å². The van der Waals surface area contributed by atoms with Gasteiger partial charge in [0.1, 0.15) is 6.61 Å². The molecule has 0 unspecified atom stereocenters. The maximum atomic E-state index is 11.1. The summed E-state index contributed by atoms with van der Waals surface area (Å²) in [6.45, 7) is 3.97. The lowest BCUT2D eigenvalue weighted by molar-refractivity contribution is -0.139. The average Bonchev–Trinajstić information content (AvgIpc) is 2.76. The van der Waals surface area contributed by atoms with E-state index in [0.29, 0.717) is 19.6 Å². The van der Waals surface area contributed by atoms with E-state index in [-0.39, 0.29) is 24.0 Å². The predicted octanol–water partition coefficient (Wildman–Crippen LogP) is 1.26. The molecule has 0 aliphatic heterocycles. The molecule has 0 heterocycles. The SMILES string of the molecule is CN(C)CCON=C[C@H]1CC[C@]2(O)C[C@@H](OCCO)CC[C@]12C. The Bertz CT molecular complexity index is 404. The Morgan fingerprint density at radius 2 is 2.04 bits per heavy atom. The molecule has 0 amide bonds. The van der Waals surface area contributed by atoms with E-state index in [4.69, 9.17) is 14.7 Å². The molecular weight excluding hydrogens is 296 g/mol. The number of likely N-dealkylation sites (N-methyl/N-ethyl adjacent to an activating group) is 1. The van der Waals surface area contributed by atoms with E-state index in [1.165, 1.54) is 0 Å². The number of aliphatic hydroxyl groups is 2. The second kappa shape index (κ2) is 7.92. The molecule has 134 valence electrons. The average molecular weight is 328 g/mol. The molecule has 0 aromatic heterocycles. The molecule has 0 aromatic carbocycles. The summed E-state index contributed by atoms with van der Waals surface area (Å²) in [5.74, 6) is 0.241. The fraction of sp³-hybridized carbons (Fsp3) is 0.941. The van der Waals surface area contributed by atoms with Crippen LogP contribution in [0.5, 0.6) is 0 Å². The summed E-state index contributed by atoms with van der Waals surface area (Å²) in [4.78, 5) is 7.39. The summed E-state index contributed by atoms with van der Waals surface area (Å²) in [5, 5.41) is 24.2. The second-order valence-electron chi connectivity index (χ2n) is 7.44. The molecule has 2 saturated carbocycles. The Balaban J connectivity index is 1.90. The lowest BCUT2D eigenvalue weighted by atomic mass is 9.62. The monoisotopic (exact) mass is 328 g/mol. The summed E-state index contributed by atoms with van der Waals surface area (Å²) in [6.07, 6.45) is 6.13.